The van der Waals surface area contributed by atoms with Crippen LogP contribution in [-0.2, 0) is 9.53 Å². The lowest BCUT2D eigenvalue weighted by atomic mass is 10.1. The summed E-state index contributed by atoms with van der Waals surface area (Å²) in [6.07, 6.45) is -0.357. The van der Waals surface area contributed by atoms with Crippen molar-refractivity contribution >= 4 is 21.9 Å². The molecule has 14 heavy (non-hydrogen) atoms. The molecule has 0 heterocycles. The van der Waals surface area contributed by atoms with Crippen molar-refractivity contribution in [2.45, 2.75) is 20.0 Å². The van der Waals surface area contributed by atoms with E-state index >= 15 is 0 Å². The van der Waals surface area contributed by atoms with Gasteiger partial charge in [-0.2, -0.15) is 0 Å². The van der Waals surface area contributed by atoms with Crippen molar-refractivity contribution in [3.8, 4) is 0 Å². The summed E-state index contributed by atoms with van der Waals surface area (Å²) >= 11 is 3.07. The molecule has 0 amide bonds. The molecule has 1 aromatic carbocycles. The Kier molecular flexibility index (Phi) is 3.63. The summed E-state index contributed by atoms with van der Waals surface area (Å²) in [5.74, 6) is -0.679. The van der Waals surface area contributed by atoms with Gasteiger partial charge in [-0.05, 0) is 40.5 Å². The van der Waals surface area contributed by atoms with Gasteiger partial charge in [0.15, 0.2) is 0 Å². The van der Waals surface area contributed by atoms with Gasteiger partial charge in [-0.3, -0.25) is 4.79 Å². The molecule has 4 heteroatoms. The Bertz CT molecular complexity index is 352. The van der Waals surface area contributed by atoms with Crippen molar-refractivity contribution in [2.24, 2.45) is 0 Å². The molecule has 0 aromatic heterocycles. The lowest BCUT2D eigenvalue weighted by Crippen LogP contribution is -2.04. The molecule has 0 aliphatic heterocycles. The van der Waals surface area contributed by atoms with Crippen molar-refractivity contribution in [1.29, 1.82) is 0 Å². The van der Waals surface area contributed by atoms with Crippen LogP contribution in [0.3, 0.4) is 0 Å². The zero-order valence-electron chi connectivity index (χ0n) is 7.88. The molecular formula is C10H10BrFO2. The number of carbonyl (C=O) groups excluding carboxylic acids is 1. The minimum absolute atomic E-state index is 0.330. The van der Waals surface area contributed by atoms with Crippen LogP contribution in [0.2, 0.25) is 0 Å². The van der Waals surface area contributed by atoms with Crippen LogP contribution in [0.4, 0.5) is 4.39 Å². The average molecular weight is 261 g/mol. The molecule has 0 N–H and O–H groups in total. The summed E-state index contributed by atoms with van der Waals surface area (Å²) in [4.78, 5) is 10.7. The summed E-state index contributed by atoms with van der Waals surface area (Å²) in [5, 5.41) is 0. The largest absolute Gasteiger partial charge is 0.458 e. The predicted octanol–water partition coefficient (Wildman–Crippen LogP) is 3.21. The Morgan fingerprint density at radius 1 is 1.57 bits per heavy atom. The molecule has 1 rings (SSSR count). The highest BCUT2D eigenvalue weighted by Crippen LogP contribution is 2.23. The molecular weight excluding hydrogens is 251 g/mol. The van der Waals surface area contributed by atoms with Gasteiger partial charge in [-0.15, -0.1) is 0 Å². The Labute approximate surface area is 90.2 Å². The molecule has 0 saturated heterocycles. The van der Waals surface area contributed by atoms with Crippen LogP contribution in [0.1, 0.15) is 25.5 Å². The molecule has 0 saturated carbocycles. The fraction of sp³-hybridized carbons (Fsp3) is 0.300. The van der Waals surface area contributed by atoms with E-state index in [1.54, 1.807) is 19.1 Å². The van der Waals surface area contributed by atoms with Crippen molar-refractivity contribution in [2.75, 3.05) is 0 Å². The number of hydrogen-bond acceptors (Lipinski definition) is 2. The van der Waals surface area contributed by atoms with Gasteiger partial charge in [0.25, 0.3) is 0 Å². The normalized spacial score (nSPS) is 12.3. The van der Waals surface area contributed by atoms with E-state index < -0.39 is 0 Å². The second-order valence-corrected chi connectivity index (χ2v) is 3.78. The van der Waals surface area contributed by atoms with Crippen molar-refractivity contribution in [1.82, 2.24) is 0 Å². The number of ether oxygens (including phenoxy) is 1. The summed E-state index contributed by atoms with van der Waals surface area (Å²) in [6.45, 7) is 3.08. The third-order valence-electron chi connectivity index (χ3n) is 1.76. The van der Waals surface area contributed by atoms with Crippen LogP contribution in [0, 0.1) is 5.82 Å². The molecule has 0 radical (unpaired) electrons. The Morgan fingerprint density at radius 3 is 2.71 bits per heavy atom. The Hall–Kier alpha value is -0.900. The van der Waals surface area contributed by atoms with Crippen LogP contribution in [-0.4, -0.2) is 5.97 Å². The lowest BCUT2D eigenvalue weighted by molar-refractivity contribution is -0.145. The van der Waals surface area contributed by atoms with E-state index in [0.29, 0.717) is 4.47 Å². The van der Waals surface area contributed by atoms with Gasteiger partial charge in [0.2, 0.25) is 0 Å². The monoisotopic (exact) mass is 260 g/mol. The maximum Gasteiger partial charge on any atom is 0.303 e. The smallest absolute Gasteiger partial charge is 0.303 e. The van der Waals surface area contributed by atoms with E-state index in [-0.39, 0.29) is 17.9 Å². The first-order chi connectivity index (χ1) is 6.50. The van der Waals surface area contributed by atoms with Crippen molar-refractivity contribution < 1.29 is 13.9 Å². The maximum atomic E-state index is 12.9. The summed E-state index contributed by atoms with van der Waals surface area (Å²) in [5.41, 5.74) is 0.758. The molecule has 0 spiro atoms. The molecule has 0 fully saturated rings. The van der Waals surface area contributed by atoms with Crippen LogP contribution >= 0.6 is 15.9 Å². The molecule has 76 valence electrons. The lowest BCUT2D eigenvalue weighted by Gasteiger charge is -2.12. The van der Waals surface area contributed by atoms with E-state index in [2.05, 4.69) is 15.9 Å². The maximum absolute atomic E-state index is 12.9. The van der Waals surface area contributed by atoms with Crippen LogP contribution < -0.4 is 0 Å². The van der Waals surface area contributed by atoms with Gasteiger partial charge >= 0.3 is 5.97 Å². The second-order valence-electron chi connectivity index (χ2n) is 2.93. The highest BCUT2D eigenvalue weighted by molar-refractivity contribution is 9.10. The zero-order valence-corrected chi connectivity index (χ0v) is 9.47. The Balaban J connectivity index is 2.85. The number of halogens is 2. The van der Waals surface area contributed by atoms with Gasteiger partial charge in [-0.1, -0.05) is 6.07 Å². The van der Waals surface area contributed by atoms with Gasteiger partial charge in [-0.25, -0.2) is 4.39 Å². The quantitative estimate of drug-likeness (QED) is 0.764. The molecule has 0 aliphatic carbocycles. The fourth-order valence-electron chi connectivity index (χ4n) is 1.08. The van der Waals surface area contributed by atoms with E-state index in [1.165, 1.54) is 13.0 Å². The van der Waals surface area contributed by atoms with Crippen molar-refractivity contribution in [3.05, 3.63) is 34.1 Å². The van der Waals surface area contributed by atoms with Crippen LogP contribution in [0.5, 0.6) is 0 Å². The molecule has 1 unspecified atom stereocenters. The number of esters is 1. The summed E-state index contributed by atoms with van der Waals surface area (Å²) < 4.78 is 18.2. The number of carbonyl (C=O) groups is 1. The third kappa shape index (κ3) is 2.80. The standard InChI is InChI=1S/C10H10BrFO2/c1-6(14-7(2)13)8-3-4-10(12)9(11)5-8/h3-6H,1-2H3. The highest BCUT2D eigenvalue weighted by Gasteiger charge is 2.10. The Morgan fingerprint density at radius 2 is 2.21 bits per heavy atom. The van der Waals surface area contributed by atoms with Gasteiger partial charge in [0.05, 0.1) is 4.47 Å². The average Bonchev–Trinajstić information content (AvgIpc) is 2.08. The first-order valence-electron chi connectivity index (χ1n) is 4.13. The van der Waals surface area contributed by atoms with Gasteiger partial charge in [0, 0.05) is 6.92 Å². The van der Waals surface area contributed by atoms with Crippen molar-refractivity contribution in [3.63, 3.8) is 0 Å². The van der Waals surface area contributed by atoms with E-state index in [4.69, 9.17) is 4.74 Å². The van der Waals surface area contributed by atoms with Crippen LogP contribution in [0.15, 0.2) is 22.7 Å². The summed E-state index contributed by atoms with van der Waals surface area (Å²) in [6, 6.07) is 4.52. The van der Waals surface area contributed by atoms with E-state index in [1.807, 2.05) is 0 Å². The topological polar surface area (TPSA) is 26.3 Å². The zero-order chi connectivity index (χ0) is 10.7. The first kappa shape index (κ1) is 11.2. The molecule has 0 aliphatic rings. The highest BCUT2D eigenvalue weighted by atomic mass is 79.9. The van der Waals surface area contributed by atoms with Gasteiger partial charge in [0.1, 0.15) is 11.9 Å². The minimum Gasteiger partial charge on any atom is -0.458 e. The second kappa shape index (κ2) is 4.55. The third-order valence-corrected chi connectivity index (χ3v) is 2.36. The van der Waals surface area contributed by atoms with E-state index in [9.17, 15) is 9.18 Å². The molecule has 2 nitrogen and oxygen atoms in total. The SMILES string of the molecule is CC(=O)OC(C)c1ccc(F)c(Br)c1. The van der Waals surface area contributed by atoms with Crippen LogP contribution in [0.25, 0.3) is 0 Å². The first-order valence-corrected chi connectivity index (χ1v) is 4.92. The predicted molar refractivity (Wildman–Crippen MR) is 54.3 cm³/mol. The van der Waals surface area contributed by atoms with E-state index in [0.717, 1.165) is 5.56 Å². The minimum atomic E-state index is -0.357. The number of hydrogen-bond donors (Lipinski definition) is 0. The number of benzene rings is 1. The molecule has 0 bridgehead atoms. The number of rotatable bonds is 2. The molecule has 1 aromatic rings. The summed E-state index contributed by atoms with van der Waals surface area (Å²) in [7, 11) is 0. The molecule has 1 atom stereocenters. The van der Waals surface area contributed by atoms with Gasteiger partial charge < -0.3 is 4.74 Å². The fourth-order valence-corrected chi connectivity index (χ4v) is 1.48.